The van der Waals surface area contributed by atoms with Gasteiger partial charge in [-0.3, -0.25) is 18.9 Å². The van der Waals surface area contributed by atoms with E-state index in [1.165, 1.54) is 35.3 Å². The number of sulfonamides is 1. The molecule has 7 rings (SSSR count). The number of rotatable bonds is 11. The number of nitrogens with one attached hydrogen (secondary N) is 1. The molecule has 0 unspecified atom stereocenters. The van der Waals surface area contributed by atoms with E-state index in [0.717, 1.165) is 17.4 Å². The zero-order chi connectivity index (χ0) is 34.0. The maximum atomic E-state index is 14.5. The minimum Gasteiger partial charge on any atom is -0.496 e. The van der Waals surface area contributed by atoms with Crippen LogP contribution in [0.5, 0.6) is 5.75 Å². The molecule has 48 heavy (non-hydrogen) atoms. The fourth-order valence-electron chi connectivity index (χ4n) is 6.78. The Morgan fingerprint density at radius 1 is 1.19 bits per heavy atom. The lowest BCUT2D eigenvalue weighted by Crippen LogP contribution is -2.48. The molecule has 3 aromatic heterocycles. The van der Waals surface area contributed by atoms with Crippen LogP contribution in [0.4, 0.5) is 0 Å². The second kappa shape index (κ2) is 12.3. The molecule has 4 aromatic rings. The SMILES string of the molecule is COc1ccccc1[C@H](Cn1c(=O)n([C@H](C)C(=O)NS(=O)(=O)C2(C)CC2)c(=O)c2c(C)c(-c3ncco3)sc21)O[C@H]1C[C@H]2CC[C@@H](C1)O2. The molecule has 1 aromatic carbocycles. The second-order valence-corrected chi connectivity index (χ2v) is 16.4. The zero-order valence-corrected chi connectivity index (χ0v) is 28.8. The highest BCUT2D eigenvalue weighted by Crippen LogP contribution is 2.43. The molecular formula is C33H38N4O9S2. The van der Waals surface area contributed by atoms with E-state index >= 15 is 0 Å². The molecule has 3 aliphatic rings. The molecule has 2 bridgehead atoms. The normalized spacial score (nSPS) is 22.8. The van der Waals surface area contributed by atoms with Gasteiger partial charge >= 0.3 is 5.69 Å². The summed E-state index contributed by atoms with van der Waals surface area (Å²) in [5.74, 6) is -0.114. The molecule has 0 spiro atoms. The predicted octanol–water partition coefficient (Wildman–Crippen LogP) is 4.22. The number of oxazole rings is 1. The Bertz CT molecular complexity index is 2080. The van der Waals surface area contributed by atoms with Gasteiger partial charge in [0.2, 0.25) is 15.9 Å². The quantitative estimate of drug-likeness (QED) is 0.240. The second-order valence-electron chi connectivity index (χ2n) is 13.2. The Morgan fingerprint density at radius 2 is 1.90 bits per heavy atom. The van der Waals surface area contributed by atoms with Gasteiger partial charge in [-0.15, -0.1) is 11.3 Å². The van der Waals surface area contributed by atoms with Gasteiger partial charge in [0.15, 0.2) is 0 Å². The van der Waals surface area contributed by atoms with Crippen LogP contribution in [0.3, 0.4) is 0 Å². The van der Waals surface area contributed by atoms with Crippen molar-refractivity contribution in [3.8, 4) is 16.5 Å². The van der Waals surface area contributed by atoms with Gasteiger partial charge in [0, 0.05) is 5.56 Å². The number of amides is 1. The standard InChI is InChI=1S/C33H38N4O9S2/c1-18-26-30(39)37(19(2)28(38)35-48(41,42)33(3)11-12-33)32(40)36(31(26)47-27(18)29-34-13-14-44-29)17-25(23-7-5-6-8-24(23)43-4)46-22-15-20-9-10-21(16-22)45-20/h5-8,13-14,19-22,25H,9-12,15-17H2,1-4H3,(H,35,38)/t19-,20-,21+,22+,25+/m1/s1. The van der Waals surface area contributed by atoms with E-state index in [-0.39, 0.29) is 36.1 Å². The Labute approximate surface area is 280 Å². The molecule has 15 heteroatoms. The van der Waals surface area contributed by atoms with Gasteiger partial charge in [-0.05, 0) is 70.9 Å². The zero-order valence-electron chi connectivity index (χ0n) is 27.1. The highest BCUT2D eigenvalue weighted by Gasteiger charge is 2.51. The molecular weight excluding hydrogens is 661 g/mol. The van der Waals surface area contributed by atoms with Crippen LogP contribution < -0.4 is 20.7 Å². The van der Waals surface area contributed by atoms with Crippen molar-refractivity contribution < 1.29 is 31.8 Å². The summed E-state index contributed by atoms with van der Waals surface area (Å²) in [6, 6.07) is 5.97. The van der Waals surface area contributed by atoms with Crippen molar-refractivity contribution >= 4 is 37.5 Å². The van der Waals surface area contributed by atoms with Crippen molar-refractivity contribution in [1.82, 2.24) is 18.8 Å². The topological polar surface area (TPSA) is 161 Å². The predicted molar refractivity (Wildman–Crippen MR) is 178 cm³/mol. The summed E-state index contributed by atoms with van der Waals surface area (Å²) in [6.45, 7) is 4.60. The molecule has 256 valence electrons. The molecule has 1 aliphatic carbocycles. The highest BCUT2D eigenvalue weighted by atomic mass is 32.2. The van der Waals surface area contributed by atoms with Crippen LogP contribution in [0.25, 0.3) is 21.0 Å². The van der Waals surface area contributed by atoms with Crippen LogP contribution in [0.15, 0.2) is 50.7 Å². The van der Waals surface area contributed by atoms with Crippen molar-refractivity contribution in [2.45, 2.75) is 101 Å². The number of carbonyl (C=O) groups is 1. The van der Waals surface area contributed by atoms with Crippen molar-refractivity contribution in [3.05, 3.63) is 68.7 Å². The van der Waals surface area contributed by atoms with Crippen molar-refractivity contribution in [3.63, 3.8) is 0 Å². The molecule has 2 aliphatic heterocycles. The molecule has 1 N–H and O–H groups in total. The lowest BCUT2D eigenvalue weighted by atomic mass is 10.0. The number of aryl methyl sites for hydroxylation is 1. The maximum absolute atomic E-state index is 14.5. The summed E-state index contributed by atoms with van der Waals surface area (Å²) >= 11 is 1.18. The summed E-state index contributed by atoms with van der Waals surface area (Å²) in [5.41, 5.74) is -0.258. The maximum Gasteiger partial charge on any atom is 0.332 e. The number of benzene rings is 1. The highest BCUT2D eigenvalue weighted by molar-refractivity contribution is 7.91. The number of aromatic nitrogens is 3. The average molecular weight is 699 g/mol. The van der Waals surface area contributed by atoms with E-state index in [9.17, 15) is 22.8 Å². The summed E-state index contributed by atoms with van der Waals surface area (Å²) in [7, 11) is -2.45. The van der Waals surface area contributed by atoms with Gasteiger partial charge in [-0.25, -0.2) is 22.8 Å². The van der Waals surface area contributed by atoms with Gasteiger partial charge in [-0.1, -0.05) is 18.2 Å². The lowest BCUT2D eigenvalue weighted by Gasteiger charge is -2.32. The minimum atomic E-state index is -4.02. The smallest absolute Gasteiger partial charge is 0.332 e. The molecule has 1 amide bonds. The molecule has 3 fully saturated rings. The van der Waals surface area contributed by atoms with E-state index in [4.69, 9.17) is 18.6 Å². The van der Waals surface area contributed by atoms with Gasteiger partial charge in [0.1, 0.15) is 29.0 Å². The fraction of sp³-hybridized carbons (Fsp3) is 0.515. The van der Waals surface area contributed by atoms with Crippen LogP contribution >= 0.6 is 11.3 Å². The van der Waals surface area contributed by atoms with E-state index in [0.29, 0.717) is 52.3 Å². The first-order chi connectivity index (χ1) is 22.9. The minimum absolute atomic E-state index is 0.0294. The number of hydrogen-bond donors (Lipinski definition) is 1. The van der Waals surface area contributed by atoms with Crippen molar-refractivity contribution in [1.29, 1.82) is 0 Å². The number of fused-ring (bicyclic) bond motifs is 3. The Balaban J connectivity index is 1.37. The van der Waals surface area contributed by atoms with Gasteiger partial charge in [0.05, 0.1) is 53.2 Å². The molecule has 5 atom stereocenters. The molecule has 5 heterocycles. The number of hydrogen-bond acceptors (Lipinski definition) is 11. The number of methoxy groups -OCH3 is 1. The van der Waals surface area contributed by atoms with Crippen molar-refractivity contribution in [2.24, 2.45) is 0 Å². The van der Waals surface area contributed by atoms with E-state index in [1.54, 1.807) is 21.0 Å². The van der Waals surface area contributed by atoms with Crippen LogP contribution in [-0.2, 0) is 30.8 Å². The average Bonchev–Trinajstić information content (AvgIpc) is 3.35. The summed E-state index contributed by atoms with van der Waals surface area (Å²) in [5, 5.41) is 0.201. The monoisotopic (exact) mass is 698 g/mol. The fourth-order valence-corrected chi connectivity index (χ4v) is 9.34. The lowest BCUT2D eigenvalue weighted by molar-refractivity contribution is -0.122. The molecule has 13 nitrogen and oxygen atoms in total. The van der Waals surface area contributed by atoms with Crippen molar-refractivity contribution in [2.75, 3.05) is 7.11 Å². The van der Waals surface area contributed by atoms with Gasteiger partial charge in [-0.2, -0.15) is 0 Å². The number of para-hydroxylation sites is 1. The molecule has 1 saturated carbocycles. The third kappa shape index (κ3) is 5.69. The largest absolute Gasteiger partial charge is 0.496 e. The van der Waals surface area contributed by atoms with E-state index in [2.05, 4.69) is 9.71 Å². The van der Waals surface area contributed by atoms with E-state index < -0.39 is 44.1 Å². The van der Waals surface area contributed by atoms with Crippen LogP contribution in [0.2, 0.25) is 0 Å². The number of thiophene rings is 1. The third-order valence-corrected chi connectivity index (χ3v) is 13.4. The van der Waals surface area contributed by atoms with Crippen LogP contribution in [-0.4, -0.2) is 58.6 Å². The Hall–Kier alpha value is -3.79. The first kappa shape index (κ1) is 32.7. The Morgan fingerprint density at radius 3 is 2.54 bits per heavy atom. The summed E-state index contributed by atoms with van der Waals surface area (Å²) in [6.07, 6.45) is 6.50. The van der Waals surface area contributed by atoms with Crippen LogP contribution in [0, 0.1) is 6.92 Å². The third-order valence-electron chi connectivity index (χ3n) is 9.91. The van der Waals surface area contributed by atoms with Gasteiger partial charge in [0.25, 0.3) is 11.5 Å². The summed E-state index contributed by atoms with van der Waals surface area (Å²) < 4.78 is 53.4. The van der Waals surface area contributed by atoms with Gasteiger partial charge < -0.3 is 18.6 Å². The summed E-state index contributed by atoms with van der Waals surface area (Å²) in [4.78, 5) is 47.3. The Kier molecular flexibility index (Phi) is 8.37. The van der Waals surface area contributed by atoms with Crippen LogP contribution in [0.1, 0.15) is 75.6 Å². The molecule has 0 radical (unpaired) electrons. The number of ether oxygens (including phenoxy) is 3. The first-order valence-corrected chi connectivity index (χ1v) is 18.4. The first-order valence-electron chi connectivity index (χ1n) is 16.1. The number of nitrogens with zero attached hydrogens (tertiary/aromatic N) is 3. The molecule has 2 saturated heterocycles. The number of carbonyl (C=O) groups excluding carboxylic acids is 1. The van der Waals surface area contributed by atoms with E-state index in [1.807, 2.05) is 24.3 Å².